The largest absolute Gasteiger partial charge is 0.368 e. The predicted octanol–water partition coefficient (Wildman–Crippen LogP) is 3.63. The standard InChI is InChI=1S/C19H18N6OS/c1-12-10-16(25-24-12)19(26)23-14-4-2-13(3-5-14)6-8-20-18-17-15(7-9-27-17)21-11-22-18/h2-5,7,9-11H,6,8H2,1H3,(H,23,26)(H,24,25)(H,20,21,22). The zero-order valence-corrected chi connectivity index (χ0v) is 15.5. The van der Waals surface area contributed by atoms with Gasteiger partial charge in [0.25, 0.3) is 5.91 Å². The summed E-state index contributed by atoms with van der Waals surface area (Å²) in [5, 5.41) is 14.9. The summed E-state index contributed by atoms with van der Waals surface area (Å²) >= 11 is 1.63. The zero-order valence-electron chi connectivity index (χ0n) is 14.7. The van der Waals surface area contributed by atoms with Gasteiger partial charge in [0.2, 0.25) is 0 Å². The highest BCUT2D eigenvalue weighted by Crippen LogP contribution is 2.24. The second-order valence-electron chi connectivity index (χ2n) is 6.11. The smallest absolute Gasteiger partial charge is 0.273 e. The highest BCUT2D eigenvalue weighted by Gasteiger charge is 2.09. The van der Waals surface area contributed by atoms with Gasteiger partial charge in [0.1, 0.15) is 17.8 Å². The van der Waals surface area contributed by atoms with E-state index in [0.717, 1.165) is 40.4 Å². The Morgan fingerprint density at radius 2 is 2.04 bits per heavy atom. The molecule has 4 rings (SSSR count). The molecule has 0 bridgehead atoms. The predicted molar refractivity (Wildman–Crippen MR) is 107 cm³/mol. The van der Waals surface area contributed by atoms with Crippen molar-refractivity contribution in [3.05, 3.63) is 65.1 Å². The molecule has 7 nitrogen and oxygen atoms in total. The lowest BCUT2D eigenvalue weighted by Crippen LogP contribution is -2.12. The van der Waals surface area contributed by atoms with E-state index in [1.165, 1.54) is 5.56 Å². The summed E-state index contributed by atoms with van der Waals surface area (Å²) in [4.78, 5) is 20.7. The first-order valence-electron chi connectivity index (χ1n) is 8.53. The van der Waals surface area contributed by atoms with Crippen molar-refractivity contribution in [3.63, 3.8) is 0 Å². The van der Waals surface area contributed by atoms with Crippen molar-refractivity contribution in [2.75, 3.05) is 17.2 Å². The Morgan fingerprint density at radius 1 is 1.19 bits per heavy atom. The molecule has 136 valence electrons. The molecule has 4 aromatic rings. The van der Waals surface area contributed by atoms with E-state index in [2.05, 4.69) is 30.8 Å². The fourth-order valence-electron chi connectivity index (χ4n) is 2.73. The molecule has 0 saturated carbocycles. The number of nitrogens with zero attached hydrogens (tertiary/aromatic N) is 3. The van der Waals surface area contributed by atoms with Gasteiger partial charge in [-0.2, -0.15) is 5.10 Å². The number of amides is 1. The van der Waals surface area contributed by atoms with Crippen molar-refractivity contribution in [1.82, 2.24) is 20.2 Å². The minimum Gasteiger partial charge on any atom is -0.368 e. The maximum absolute atomic E-state index is 12.1. The summed E-state index contributed by atoms with van der Waals surface area (Å²) in [7, 11) is 0. The SMILES string of the molecule is Cc1cc(C(=O)Nc2ccc(CCNc3ncnc4ccsc34)cc2)[nH]n1. The Kier molecular flexibility index (Phi) is 4.80. The number of aryl methyl sites for hydroxylation is 1. The Bertz CT molecular complexity index is 1070. The molecule has 0 atom stereocenters. The number of H-pyrrole nitrogens is 1. The average Bonchev–Trinajstić information content (AvgIpc) is 3.32. The molecule has 0 fully saturated rings. The Hall–Kier alpha value is -3.26. The first kappa shape index (κ1) is 17.2. The summed E-state index contributed by atoms with van der Waals surface area (Å²) in [6.45, 7) is 2.60. The van der Waals surface area contributed by atoms with Crippen molar-refractivity contribution in [3.8, 4) is 0 Å². The van der Waals surface area contributed by atoms with Crippen LogP contribution in [0.4, 0.5) is 11.5 Å². The quantitative estimate of drug-likeness (QED) is 0.476. The van der Waals surface area contributed by atoms with Crippen LogP contribution in [0.5, 0.6) is 0 Å². The van der Waals surface area contributed by atoms with Crippen LogP contribution in [0.1, 0.15) is 21.7 Å². The van der Waals surface area contributed by atoms with Gasteiger partial charge in [0.15, 0.2) is 0 Å². The number of nitrogens with one attached hydrogen (secondary N) is 3. The molecule has 1 amide bonds. The molecular weight excluding hydrogens is 360 g/mol. The normalized spacial score (nSPS) is 10.9. The second-order valence-corrected chi connectivity index (χ2v) is 7.02. The summed E-state index contributed by atoms with van der Waals surface area (Å²) in [6.07, 6.45) is 2.43. The van der Waals surface area contributed by atoms with E-state index in [0.29, 0.717) is 5.69 Å². The lowest BCUT2D eigenvalue weighted by atomic mass is 10.1. The molecule has 0 saturated heterocycles. The van der Waals surface area contributed by atoms with E-state index in [1.807, 2.05) is 42.6 Å². The number of aromatic nitrogens is 4. The molecule has 27 heavy (non-hydrogen) atoms. The topological polar surface area (TPSA) is 95.6 Å². The van der Waals surface area contributed by atoms with Crippen molar-refractivity contribution in [2.45, 2.75) is 13.3 Å². The lowest BCUT2D eigenvalue weighted by Gasteiger charge is -2.08. The summed E-state index contributed by atoms with van der Waals surface area (Å²) in [6, 6.07) is 11.5. The number of aromatic amines is 1. The van der Waals surface area contributed by atoms with Gasteiger partial charge < -0.3 is 10.6 Å². The molecule has 8 heteroatoms. The van der Waals surface area contributed by atoms with Gasteiger partial charge in [-0.1, -0.05) is 12.1 Å². The minimum atomic E-state index is -0.200. The molecular formula is C19H18N6OS. The van der Waals surface area contributed by atoms with Crippen molar-refractivity contribution >= 4 is 39.0 Å². The lowest BCUT2D eigenvalue weighted by molar-refractivity contribution is 0.102. The summed E-state index contributed by atoms with van der Waals surface area (Å²) in [5.41, 5.74) is 4.12. The Morgan fingerprint density at radius 3 is 2.81 bits per heavy atom. The van der Waals surface area contributed by atoms with Crippen LogP contribution in [0.25, 0.3) is 10.2 Å². The third-order valence-electron chi connectivity index (χ3n) is 4.11. The van der Waals surface area contributed by atoms with Gasteiger partial charge in [-0.25, -0.2) is 9.97 Å². The Labute approximate surface area is 159 Å². The third-order valence-corrected chi connectivity index (χ3v) is 5.02. The van der Waals surface area contributed by atoms with Crippen LogP contribution < -0.4 is 10.6 Å². The zero-order chi connectivity index (χ0) is 18.6. The van der Waals surface area contributed by atoms with Crippen LogP contribution in [0.3, 0.4) is 0 Å². The maximum Gasteiger partial charge on any atom is 0.273 e. The number of rotatable bonds is 6. The first-order chi connectivity index (χ1) is 13.2. The van der Waals surface area contributed by atoms with E-state index in [4.69, 9.17) is 0 Å². The van der Waals surface area contributed by atoms with Crippen molar-refractivity contribution in [2.24, 2.45) is 0 Å². The van der Waals surface area contributed by atoms with Crippen LogP contribution in [0, 0.1) is 6.92 Å². The van der Waals surface area contributed by atoms with Gasteiger partial charge in [0, 0.05) is 12.2 Å². The van der Waals surface area contributed by atoms with Gasteiger partial charge in [-0.3, -0.25) is 9.89 Å². The highest BCUT2D eigenvalue weighted by atomic mass is 32.1. The summed E-state index contributed by atoms with van der Waals surface area (Å²) < 4.78 is 1.07. The van der Waals surface area contributed by atoms with Crippen LogP contribution in [-0.2, 0) is 6.42 Å². The van der Waals surface area contributed by atoms with E-state index in [-0.39, 0.29) is 5.91 Å². The number of carbonyl (C=O) groups excluding carboxylic acids is 1. The number of benzene rings is 1. The molecule has 0 unspecified atom stereocenters. The molecule has 0 aliphatic carbocycles. The van der Waals surface area contributed by atoms with Crippen LogP contribution in [-0.4, -0.2) is 32.6 Å². The number of hydrogen-bond acceptors (Lipinski definition) is 6. The molecule has 0 aliphatic rings. The van der Waals surface area contributed by atoms with E-state index < -0.39 is 0 Å². The van der Waals surface area contributed by atoms with Crippen LogP contribution in [0.2, 0.25) is 0 Å². The van der Waals surface area contributed by atoms with Crippen molar-refractivity contribution < 1.29 is 4.79 Å². The van der Waals surface area contributed by atoms with E-state index in [1.54, 1.807) is 23.7 Å². The number of anilines is 2. The summed E-state index contributed by atoms with van der Waals surface area (Å²) in [5.74, 6) is 0.669. The fraction of sp³-hybridized carbons (Fsp3) is 0.158. The monoisotopic (exact) mass is 378 g/mol. The molecule has 3 N–H and O–H groups in total. The van der Waals surface area contributed by atoms with E-state index >= 15 is 0 Å². The molecule has 0 radical (unpaired) electrons. The highest BCUT2D eigenvalue weighted by molar-refractivity contribution is 7.17. The van der Waals surface area contributed by atoms with Gasteiger partial charge in [0.05, 0.1) is 15.9 Å². The number of hydrogen-bond donors (Lipinski definition) is 3. The molecule has 3 aromatic heterocycles. The van der Waals surface area contributed by atoms with Crippen LogP contribution >= 0.6 is 11.3 Å². The number of carbonyl (C=O) groups is 1. The fourth-order valence-corrected chi connectivity index (χ4v) is 3.54. The van der Waals surface area contributed by atoms with E-state index in [9.17, 15) is 4.79 Å². The van der Waals surface area contributed by atoms with Gasteiger partial charge in [-0.05, 0) is 48.6 Å². The van der Waals surface area contributed by atoms with Gasteiger partial charge in [-0.15, -0.1) is 11.3 Å². The molecule has 3 heterocycles. The average molecular weight is 378 g/mol. The van der Waals surface area contributed by atoms with Crippen molar-refractivity contribution in [1.29, 1.82) is 0 Å². The molecule has 0 spiro atoms. The maximum atomic E-state index is 12.1. The number of fused-ring (bicyclic) bond motifs is 1. The molecule has 1 aromatic carbocycles. The minimum absolute atomic E-state index is 0.200. The van der Waals surface area contributed by atoms with Gasteiger partial charge >= 0.3 is 0 Å². The first-order valence-corrected chi connectivity index (χ1v) is 9.41. The second kappa shape index (κ2) is 7.55. The third kappa shape index (κ3) is 3.95. The van der Waals surface area contributed by atoms with Crippen LogP contribution in [0.15, 0.2) is 48.1 Å². The Balaban J connectivity index is 1.33. The number of thiophene rings is 1. The molecule has 0 aliphatic heterocycles.